The quantitative estimate of drug-likeness (QED) is 0.920. The largest absolute Gasteiger partial charge is 0.332 e. The van der Waals surface area contributed by atoms with Crippen LogP contribution in [0.2, 0.25) is 0 Å². The zero-order chi connectivity index (χ0) is 16.4. The molecule has 0 radical (unpaired) electrons. The highest BCUT2D eigenvalue weighted by molar-refractivity contribution is 7.09. The summed E-state index contributed by atoms with van der Waals surface area (Å²) in [5.74, 6) is 2.25. The second-order valence-corrected chi connectivity index (χ2v) is 7.95. The molecular weight excluding hydrogens is 320 g/mol. The molecular formula is C18H24N4OS. The van der Waals surface area contributed by atoms with Crippen LogP contribution in [0.4, 0.5) is 0 Å². The van der Waals surface area contributed by atoms with E-state index >= 15 is 0 Å². The number of nitrogens with zero attached hydrogens (tertiary/aromatic N) is 3. The van der Waals surface area contributed by atoms with Crippen LogP contribution in [0.25, 0.3) is 0 Å². The van der Waals surface area contributed by atoms with Gasteiger partial charge in [0.2, 0.25) is 5.91 Å². The summed E-state index contributed by atoms with van der Waals surface area (Å²) in [7, 11) is 0. The molecule has 0 unspecified atom stereocenters. The van der Waals surface area contributed by atoms with Gasteiger partial charge in [-0.1, -0.05) is 25.3 Å². The smallest absolute Gasteiger partial charge is 0.226 e. The van der Waals surface area contributed by atoms with Gasteiger partial charge in [0.15, 0.2) is 5.82 Å². The number of carbonyl (C=O) groups is 1. The first-order valence-electron chi connectivity index (χ1n) is 9.05. The molecule has 1 saturated carbocycles. The Morgan fingerprint density at radius 1 is 1.25 bits per heavy atom. The number of aromatic nitrogens is 3. The first-order valence-corrected chi connectivity index (χ1v) is 9.93. The number of hydrogen-bond donors (Lipinski definition) is 1. The second-order valence-electron chi connectivity index (χ2n) is 6.92. The molecule has 1 saturated heterocycles. The lowest BCUT2D eigenvalue weighted by molar-refractivity contribution is -0.137. The Balaban J connectivity index is 1.46. The monoisotopic (exact) mass is 344 g/mol. The number of nitrogens with one attached hydrogen (secondary N) is 1. The van der Waals surface area contributed by atoms with Gasteiger partial charge in [0.25, 0.3) is 0 Å². The lowest BCUT2D eigenvalue weighted by Crippen LogP contribution is -2.37. The molecule has 0 bridgehead atoms. The molecule has 6 heteroatoms. The van der Waals surface area contributed by atoms with Crippen molar-refractivity contribution in [1.82, 2.24) is 20.1 Å². The van der Waals surface area contributed by atoms with Gasteiger partial charge < -0.3 is 4.90 Å². The molecule has 2 fully saturated rings. The summed E-state index contributed by atoms with van der Waals surface area (Å²) in [6, 6.07) is 4.23. The first kappa shape index (κ1) is 15.8. The summed E-state index contributed by atoms with van der Waals surface area (Å²) in [6.45, 7) is 0.856. The third-order valence-electron chi connectivity index (χ3n) is 5.26. The lowest BCUT2D eigenvalue weighted by Gasteiger charge is -2.29. The molecule has 2 aromatic heterocycles. The molecule has 1 aliphatic carbocycles. The molecule has 0 spiro atoms. The van der Waals surface area contributed by atoms with Crippen LogP contribution >= 0.6 is 11.3 Å². The number of H-pyrrole nitrogens is 1. The maximum atomic E-state index is 12.9. The molecule has 1 aliphatic heterocycles. The minimum absolute atomic E-state index is 0.0627. The van der Waals surface area contributed by atoms with Crippen molar-refractivity contribution in [2.45, 2.75) is 57.4 Å². The minimum Gasteiger partial charge on any atom is -0.332 e. The van der Waals surface area contributed by atoms with Gasteiger partial charge in [-0.25, -0.2) is 4.98 Å². The number of thiophene rings is 1. The van der Waals surface area contributed by atoms with Gasteiger partial charge >= 0.3 is 0 Å². The van der Waals surface area contributed by atoms with Crippen molar-refractivity contribution in [3.8, 4) is 0 Å². The predicted octanol–water partition coefficient (Wildman–Crippen LogP) is 3.70. The highest BCUT2D eigenvalue weighted by atomic mass is 32.1. The van der Waals surface area contributed by atoms with Crippen LogP contribution in [-0.4, -0.2) is 32.5 Å². The van der Waals surface area contributed by atoms with Gasteiger partial charge in [0, 0.05) is 23.8 Å². The molecule has 0 aromatic carbocycles. The summed E-state index contributed by atoms with van der Waals surface area (Å²) in [4.78, 5) is 20.9. The van der Waals surface area contributed by atoms with Crippen molar-refractivity contribution >= 4 is 17.2 Å². The molecule has 24 heavy (non-hydrogen) atoms. The first-order chi connectivity index (χ1) is 11.8. The van der Waals surface area contributed by atoms with Crippen LogP contribution in [0.1, 0.15) is 67.5 Å². The average molecular weight is 344 g/mol. The van der Waals surface area contributed by atoms with Gasteiger partial charge in [0.1, 0.15) is 5.82 Å². The van der Waals surface area contributed by atoms with E-state index in [2.05, 4.69) is 27.7 Å². The Labute approximate surface area is 146 Å². The van der Waals surface area contributed by atoms with E-state index in [9.17, 15) is 4.79 Å². The topological polar surface area (TPSA) is 61.9 Å². The Hall–Kier alpha value is -1.69. The van der Waals surface area contributed by atoms with E-state index in [1.54, 1.807) is 11.3 Å². The van der Waals surface area contributed by atoms with Crippen molar-refractivity contribution in [2.75, 3.05) is 6.54 Å². The normalized spacial score (nSPS) is 22.2. The Morgan fingerprint density at radius 2 is 2.12 bits per heavy atom. The Morgan fingerprint density at radius 3 is 2.92 bits per heavy atom. The van der Waals surface area contributed by atoms with Crippen molar-refractivity contribution in [2.24, 2.45) is 5.92 Å². The zero-order valence-corrected chi connectivity index (χ0v) is 14.7. The molecule has 128 valence electrons. The van der Waals surface area contributed by atoms with Gasteiger partial charge in [-0.15, -0.1) is 11.3 Å². The highest BCUT2D eigenvalue weighted by Gasteiger charge is 2.36. The minimum atomic E-state index is 0.0627. The third kappa shape index (κ3) is 3.24. The molecule has 4 rings (SSSR count). The van der Waals surface area contributed by atoms with Gasteiger partial charge in [0.05, 0.1) is 6.04 Å². The molecule has 1 atom stereocenters. The summed E-state index contributed by atoms with van der Waals surface area (Å²) >= 11 is 1.73. The molecule has 1 amide bonds. The van der Waals surface area contributed by atoms with E-state index in [-0.39, 0.29) is 12.0 Å². The fourth-order valence-corrected chi connectivity index (χ4v) is 4.71. The summed E-state index contributed by atoms with van der Waals surface area (Å²) < 4.78 is 0. The van der Waals surface area contributed by atoms with Gasteiger partial charge in [-0.3, -0.25) is 9.89 Å². The zero-order valence-electron chi connectivity index (χ0n) is 13.9. The number of likely N-dealkylation sites (tertiary alicyclic amines) is 1. The summed E-state index contributed by atoms with van der Waals surface area (Å²) in [6.07, 6.45) is 8.60. The number of amides is 1. The number of aromatic amines is 1. The van der Waals surface area contributed by atoms with Crippen molar-refractivity contribution in [3.05, 3.63) is 34.0 Å². The Bertz CT molecular complexity index is 675. The summed E-state index contributed by atoms with van der Waals surface area (Å²) in [5, 5.41) is 9.58. The molecule has 1 N–H and O–H groups in total. The van der Waals surface area contributed by atoms with Gasteiger partial charge in [-0.2, -0.15) is 5.10 Å². The van der Waals surface area contributed by atoms with Crippen LogP contribution < -0.4 is 0 Å². The van der Waals surface area contributed by atoms with Crippen molar-refractivity contribution in [3.63, 3.8) is 0 Å². The fraction of sp³-hybridized carbons (Fsp3) is 0.611. The number of hydrogen-bond acceptors (Lipinski definition) is 4. The Kier molecular flexibility index (Phi) is 4.65. The van der Waals surface area contributed by atoms with Crippen molar-refractivity contribution in [1.29, 1.82) is 0 Å². The van der Waals surface area contributed by atoms with E-state index in [1.165, 1.54) is 24.1 Å². The van der Waals surface area contributed by atoms with Crippen LogP contribution in [0.15, 0.2) is 17.5 Å². The standard InChI is InChI=1S/C18H24N4OS/c23-18(13-6-2-1-3-7-13)22-10-4-9-15(22)17-19-16(20-21-17)12-14-8-5-11-24-14/h5,8,11,13,15H,1-4,6-7,9-10,12H2,(H,19,20,21)/t15-/m0/s1. The van der Waals surface area contributed by atoms with E-state index < -0.39 is 0 Å². The fourth-order valence-electron chi connectivity index (χ4n) is 4.00. The summed E-state index contributed by atoms with van der Waals surface area (Å²) in [5.41, 5.74) is 0. The third-order valence-corrected chi connectivity index (χ3v) is 6.14. The predicted molar refractivity (Wildman–Crippen MR) is 93.8 cm³/mol. The molecule has 2 aliphatic rings. The SMILES string of the molecule is O=C(C1CCCCC1)N1CCC[C@H]1c1n[nH]c(Cc2cccs2)n1. The van der Waals surface area contributed by atoms with Crippen LogP contribution in [0, 0.1) is 5.92 Å². The maximum Gasteiger partial charge on any atom is 0.226 e. The maximum absolute atomic E-state index is 12.9. The average Bonchev–Trinajstić information content (AvgIpc) is 3.36. The van der Waals surface area contributed by atoms with E-state index in [0.717, 1.165) is 50.3 Å². The van der Waals surface area contributed by atoms with Gasteiger partial charge in [-0.05, 0) is 37.1 Å². The van der Waals surface area contributed by atoms with Crippen LogP contribution in [0.5, 0.6) is 0 Å². The van der Waals surface area contributed by atoms with E-state index in [1.807, 2.05) is 4.90 Å². The molecule has 2 aromatic rings. The lowest BCUT2D eigenvalue weighted by atomic mass is 9.88. The second kappa shape index (κ2) is 7.05. The van der Waals surface area contributed by atoms with E-state index in [4.69, 9.17) is 4.98 Å². The highest BCUT2D eigenvalue weighted by Crippen LogP contribution is 2.34. The number of carbonyl (C=O) groups excluding carboxylic acids is 1. The van der Waals surface area contributed by atoms with Crippen molar-refractivity contribution < 1.29 is 4.79 Å². The molecule has 3 heterocycles. The van der Waals surface area contributed by atoms with E-state index in [0.29, 0.717) is 5.91 Å². The molecule has 5 nitrogen and oxygen atoms in total. The number of rotatable bonds is 4. The van der Waals surface area contributed by atoms with Crippen LogP contribution in [-0.2, 0) is 11.2 Å². The van der Waals surface area contributed by atoms with Crippen LogP contribution in [0.3, 0.4) is 0 Å².